The highest BCUT2D eigenvalue weighted by atomic mass is 16.2. The topological polar surface area (TPSA) is 71.8 Å². The van der Waals surface area contributed by atoms with Gasteiger partial charge >= 0.3 is 0 Å². The van der Waals surface area contributed by atoms with Crippen molar-refractivity contribution in [1.82, 2.24) is 20.3 Å². The second-order valence-electron chi connectivity index (χ2n) is 6.93. The summed E-state index contributed by atoms with van der Waals surface area (Å²) in [6.45, 7) is 4.18. The number of benzene rings is 1. The molecule has 6 heteroatoms. The molecule has 2 aromatic rings. The summed E-state index contributed by atoms with van der Waals surface area (Å²) < 4.78 is 1.70. The lowest BCUT2D eigenvalue weighted by atomic mass is 9.69. The van der Waals surface area contributed by atoms with Crippen molar-refractivity contribution in [3.05, 3.63) is 41.2 Å². The first-order valence-electron chi connectivity index (χ1n) is 8.03. The SMILES string of the molecule is Cc1ccc2c(c1)NC(=O)[C@@]21C[C@@H](c2cn(C)nn2)N[C@@H](C)C1. The number of nitrogens with zero attached hydrogens (tertiary/aromatic N) is 3. The number of carbonyl (C=O) groups excluding carboxylic acids is 1. The van der Waals surface area contributed by atoms with Crippen LogP contribution in [0.1, 0.15) is 42.6 Å². The van der Waals surface area contributed by atoms with Crippen LogP contribution in [0.15, 0.2) is 24.4 Å². The van der Waals surface area contributed by atoms with Gasteiger partial charge in [-0.3, -0.25) is 9.48 Å². The number of carbonyl (C=O) groups is 1. The van der Waals surface area contributed by atoms with E-state index in [1.165, 1.54) is 0 Å². The summed E-state index contributed by atoms with van der Waals surface area (Å²) >= 11 is 0. The highest BCUT2D eigenvalue weighted by molar-refractivity contribution is 6.06. The molecule has 1 saturated heterocycles. The molecular weight excluding hydrogens is 290 g/mol. The molecule has 1 aromatic heterocycles. The molecular formula is C17H21N5O. The van der Waals surface area contributed by atoms with Gasteiger partial charge in [-0.2, -0.15) is 0 Å². The summed E-state index contributed by atoms with van der Waals surface area (Å²) in [5.74, 6) is 0.111. The smallest absolute Gasteiger partial charge is 0.235 e. The van der Waals surface area contributed by atoms with Crippen molar-refractivity contribution in [1.29, 1.82) is 0 Å². The molecule has 120 valence electrons. The van der Waals surface area contributed by atoms with Crippen molar-refractivity contribution in [3.8, 4) is 0 Å². The first-order valence-corrected chi connectivity index (χ1v) is 8.03. The van der Waals surface area contributed by atoms with Gasteiger partial charge in [0.25, 0.3) is 0 Å². The molecule has 0 unspecified atom stereocenters. The van der Waals surface area contributed by atoms with Crippen LogP contribution in [0.5, 0.6) is 0 Å². The lowest BCUT2D eigenvalue weighted by Crippen LogP contribution is -2.50. The van der Waals surface area contributed by atoms with Gasteiger partial charge in [-0.25, -0.2) is 0 Å². The number of hydrogen-bond donors (Lipinski definition) is 2. The molecule has 4 rings (SSSR count). The van der Waals surface area contributed by atoms with Crippen molar-refractivity contribution in [3.63, 3.8) is 0 Å². The average molecular weight is 311 g/mol. The van der Waals surface area contributed by atoms with Gasteiger partial charge in [0.2, 0.25) is 5.91 Å². The number of rotatable bonds is 1. The summed E-state index contributed by atoms with van der Waals surface area (Å²) in [5, 5.41) is 14.9. The average Bonchev–Trinajstić information content (AvgIpc) is 3.02. The number of aryl methyl sites for hydroxylation is 2. The Morgan fingerprint density at radius 2 is 2.17 bits per heavy atom. The monoisotopic (exact) mass is 311 g/mol. The highest BCUT2D eigenvalue weighted by Crippen LogP contribution is 2.48. The zero-order valence-corrected chi connectivity index (χ0v) is 13.6. The second-order valence-corrected chi connectivity index (χ2v) is 6.93. The van der Waals surface area contributed by atoms with E-state index in [1.54, 1.807) is 4.68 Å². The van der Waals surface area contributed by atoms with Gasteiger partial charge in [-0.1, -0.05) is 17.3 Å². The van der Waals surface area contributed by atoms with Crippen LogP contribution in [0.4, 0.5) is 5.69 Å². The third kappa shape index (κ3) is 2.16. The Hall–Kier alpha value is -2.21. The van der Waals surface area contributed by atoms with Gasteiger partial charge in [0.15, 0.2) is 0 Å². The maximum atomic E-state index is 12.9. The maximum absolute atomic E-state index is 12.9. The van der Waals surface area contributed by atoms with Crippen LogP contribution in [0, 0.1) is 6.92 Å². The Balaban J connectivity index is 1.77. The van der Waals surface area contributed by atoms with Crippen molar-refractivity contribution in [2.45, 2.75) is 44.2 Å². The van der Waals surface area contributed by atoms with E-state index in [1.807, 2.05) is 20.2 Å². The Morgan fingerprint density at radius 3 is 2.91 bits per heavy atom. The minimum Gasteiger partial charge on any atom is -0.325 e. The van der Waals surface area contributed by atoms with E-state index in [0.717, 1.165) is 28.9 Å². The minimum absolute atomic E-state index is 0.0328. The van der Waals surface area contributed by atoms with E-state index in [0.29, 0.717) is 6.42 Å². The lowest BCUT2D eigenvalue weighted by Gasteiger charge is -2.40. The standard InChI is InChI=1S/C17H21N5O/c1-10-4-5-12-13(6-10)19-16(23)17(12)7-11(2)18-14(8-17)15-9-22(3)21-20-15/h4-6,9,11,14,18H,7-8H2,1-3H3,(H,19,23)/t11-,14-,17-/m0/s1. The second kappa shape index (κ2) is 4.89. The lowest BCUT2D eigenvalue weighted by molar-refractivity contribution is -0.122. The van der Waals surface area contributed by atoms with Gasteiger partial charge in [-0.15, -0.1) is 5.10 Å². The summed E-state index contributed by atoms with van der Waals surface area (Å²) in [7, 11) is 1.86. The molecule has 0 aliphatic carbocycles. The molecule has 1 aromatic carbocycles. The van der Waals surface area contributed by atoms with E-state index in [9.17, 15) is 4.79 Å². The normalized spacial score (nSPS) is 29.6. The molecule has 3 atom stereocenters. The van der Waals surface area contributed by atoms with Crippen LogP contribution >= 0.6 is 0 Å². The minimum atomic E-state index is -0.476. The number of anilines is 1. The first kappa shape index (κ1) is 14.4. The number of piperidine rings is 1. The predicted octanol–water partition coefficient (Wildman–Crippen LogP) is 1.83. The molecule has 0 bridgehead atoms. The molecule has 6 nitrogen and oxygen atoms in total. The van der Waals surface area contributed by atoms with Crippen molar-refractivity contribution >= 4 is 11.6 Å². The van der Waals surface area contributed by atoms with Crippen LogP contribution in [-0.2, 0) is 17.3 Å². The highest BCUT2D eigenvalue weighted by Gasteiger charge is 2.51. The molecule has 23 heavy (non-hydrogen) atoms. The van der Waals surface area contributed by atoms with Crippen LogP contribution in [0.2, 0.25) is 0 Å². The van der Waals surface area contributed by atoms with E-state index in [2.05, 4.69) is 46.1 Å². The molecule has 1 spiro atoms. The van der Waals surface area contributed by atoms with E-state index >= 15 is 0 Å². The summed E-state index contributed by atoms with van der Waals surface area (Å²) in [6.07, 6.45) is 3.43. The Kier molecular flexibility index (Phi) is 3.06. The number of hydrogen-bond acceptors (Lipinski definition) is 4. The maximum Gasteiger partial charge on any atom is 0.235 e. The van der Waals surface area contributed by atoms with Gasteiger partial charge in [0.05, 0.1) is 17.2 Å². The van der Waals surface area contributed by atoms with Gasteiger partial charge in [0.1, 0.15) is 0 Å². The van der Waals surface area contributed by atoms with Crippen molar-refractivity contribution in [2.75, 3.05) is 5.32 Å². The number of amides is 1. The molecule has 2 aliphatic rings. The molecule has 2 aliphatic heterocycles. The predicted molar refractivity (Wildman–Crippen MR) is 87.1 cm³/mol. The fourth-order valence-corrected chi connectivity index (χ4v) is 4.08. The quantitative estimate of drug-likeness (QED) is 0.843. The number of aromatic nitrogens is 3. The van der Waals surface area contributed by atoms with E-state index < -0.39 is 5.41 Å². The van der Waals surface area contributed by atoms with E-state index in [4.69, 9.17) is 0 Å². The summed E-state index contributed by atoms with van der Waals surface area (Å²) in [4.78, 5) is 12.9. The summed E-state index contributed by atoms with van der Waals surface area (Å²) in [5.41, 5.74) is 3.66. The van der Waals surface area contributed by atoms with Gasteiger partial charge in [0, 0.05) is 25.0 Å². The molecule has 3 heterocycles. The van der Waals surface area contributed by atoms with Crippen molar-refractivity contribution in [2.24, 2.45) is 7.05 Å². The molecule has 0 radical (unpaired) electrons. The van der Waals surface area contributed by atoms with Crippen LogP contribution in [0.3, 0.4) is 0 Å². The van der Waals surface area contributed by atoms with Crippen LogP contribution in [0.25, 0.3) is 0 Å². The molecule has 2 N–H and O–H groups in total. The van der Waals surface area contributed by atoms with E-state index in [-0.39, 0.29) is 18.0 Å². The number of fused-ring (bicyclic) bond motifs is 2. The summed E-state index contributed by atoms with van der Waals surface area (Å²) in [6, 6.07) is 6.52. The molecule has 0 saturated carbocycles. The Morgan fingerprint density at radius 1 is 1.35 bits per heavy atom. The number of nitrogens with one attached hydrogen (secondary N) is 2. The zero-order valence-electron chi connectivity index (χ0n) is 13.6. The third-order valence-corrected chi connectivity index (χ3v) is 5.04. The third-order valence-electron chi connectivity index (χ3n) is 5.04. The fraction of sp³-hybridized carbons (Fsp3) is 0.471. The van der Waals surface area contributed by atoms with Gasteiger partial charge in [-0.05, 0) is 43.9 Å². The van der Waals surface area contributed by atoms with Crippen LogP contribution in [-0.4, -0.2) is 26.9 Å². The van der Waals surface area contributed by atoms with Crippen molar-refractivity contribution < 1.29 is 4.79 Å². The molecule has 1 amide bonds. The largest absolute Gasteiger partial charge is 0.325 e. The first-order chi connectivity index (χ1) is 11.0. The zero-order chi connectivity index (χ0) is 16.2. The fourth-order valence-electron chi connectivity index (χ4n) is 4.08. The Labute approximate surface area is 135 Å². The van der Waals surface area contributed by atoms with Gasteiger partial charge < -0.3 is 10.6 Å². The Bertz CT molecular complexity index is 783. The van der Waals surface area contributed by atoms with Crippen LogP contribution < -0.4 is 10.6 Å². The molecule has 1 fully saturated rings.